The number of benzene rings is 1. The Balaban J connectivity index is 2.07. The Bertz CT molecular complexity index is 376. The predicted molar refractivity (Wildman–Crippen MR) is 74.5 cm³/mol. The van der Waals surface area contributed by atoms with Gasteiger partial charge < -0.3 is 10.1 Å². The van der Waals surface area contributed by atoms with Gasteiger partial charge in [0.25, 0.3) is 0 Å². The minimum atomic E-state index is 0.309. The normalized spacial score (nSPS) is 17.6. The third-order valence-electron chi connectivity index (χ3n) is 3.57. The molecular weight excluding hydrogens is 278 g/mol. The lowest BCUT2D eigenvalue weighted by Crippen LogP contribution is -2.20. The molecule has 1 unspecified atom stereocenters. The van der Waals surface area contributed by atoms with E-state index in [2.05, 4.69) is 40.3 Å². The lowest BCUT2D eigenvalue weighted by atomic mass is 9.86. The van der Waals surface area contributed by atoms with Gasteiger partial charge in [0.05, 0.1) is 6.61 Å². The van der Waals surface area contributed by atoms with Crippen molar-refractivity contribution < 1.29 is 4.74 Å². The van der Waals surface area contributed by atoms with Gasteiger partial charge in [0.2, 0.25) is 0 Å². The molecule has 0 saturated heterocycles. The highest BCUT2D eigenvalue weighted by molar-refractivity contribution is 9.10. The molecule has 0 spiro atoms. The summed E-state index contributed by atoms with van der Waals surface area (Å²) in [5, 5.41) is 3.26. The standard InChI is InChI=1S/C14H20BrNO/c1-10(16-2)13-8-12(15)6-7-14(13)17-9-11-4-3-5-11/h6-8,10-11,16H,3-5,9H2,1-2H3. The summed E-state index contributed by atoms with van der Waals surface area (Å²) in [5.74, 6) is 1.79. The minimum Gasteiger partial charge on any atom is -0.493 e. The highest BCUT2D eigenvalue weighted by Gasteiger charge is 2.19. The van der Waals surface area contributed by atoms with Crippen LogP contribution >= 0.6 is 15.9 Å². The fraction of sp³-hybridized carbons (Fsp3) is 0.571. The van der Waals surface area contributed by atoms with E-state index in [-0.39, 0.29) is 0 Å². The zero-order valence-electron chi connectivity index (χ0n) is 10.5. The number of rotatable bonds is 5. The van der Waals surface area contributed by atoms with Crippen molar-refractivity contribution in [2.75, 3.05) is 13.7 Å². The molecule has 1 N–H and O–H groups in total. The summed E-state index contributed by atoms with van der Waals surface area (Å²) in [6, 6.07) is 6.55. The van der Waals surface area contributed by atoms with Crippen LogP contribution in [0.3, 0.4) is 0 Å². The van der Waals surface area contributed by atoms with Crippen LogP contribution in [0.2, 0.25) is 0 Å². The average molecular weight is 298 g/mol. The van der Waals surface area contributed by atoms with E-state index >= 15 is 0 Å². The van der Waals surface area contributed by atoms with E-state index < -0.39 is 0 Å². The molecule has 1 aromatic rings. The monoisotopic (exact) mass is 297 g/mol. The molecule has 3 heteroatoms. The number of halogens is 1. The van der Waals surface area contributed by atoms with Gasteiger partial charge in [-0.3, -0.25) is 0 Å². The van der Waals surface area contributed by atoms with Gasteiger partial charge in [0, 0.05) is 16.1 Å². The number of hydrogen-bond donors (Lipinski definition) is 1. The summed E-state index contributed by atoms with van der Waals surface area (Å²) in [6.45, 7) is 3.02. The Morgan fingerprint density at radius 3 is 2.82 bits per heavy atom. The smallest absolute Gasteiger partial charge is 0.124 e. The Morgan fingerprint density at radius 2 is 2.24 bits per heavy atom. The van der Waals surface area contributed by atoms with Crippen molar-refractivity contribution in [2.45, 2.75) is 32.2 Å². The van der Waals surface area contributed by atoms with Crippen LogP contribution in [0.1, 0.15) is 37.8 Å². The van der Waals surface area contributed by atoms with Crippen LogP contribution in [0.5, 0.6) is 5.75 Å². The quantitative estimate of drug-likeness (QED) is 0.890. The second-order valence-electron chi connectivity index (χ2n) is 4.80. The van der Waals surface area contributed by atoms with Crippen LogP contribution < -0.4 is 10.1 Å². The summed E-state index contributed by atoms with van der Waals surface area (Å²) in [5.41, 5.74) is 1.22. The molecule has 0 aromatic heterocycles. The van der Waals surface area contributed by atoms with E-state index in [4.69, 9.17) is 4.74 Å². The van der Waals surface area contributed by atoms with Gasteiger partial charge in [-0.05, 0) is 50.9 Å². The van der Waals surface area contributed by atoms with E-state index in [0.717, 1.165) is 22.7 Å². The zero-order chi connectivity index (χ0) is 12.3. The van der Waals surface area contributed by atoms with Crippen molar-refractivity contribution in [1.29, 1.82) is 0 Å². The maximum Gasteiger partial charge on any atom is 0.124 e. The maximum absolute atomic E-state index is 5.96. The summed E-state index contributed by atoms with van der Waals surface area (Å²) in [7, 11) is 1.97. The first-order valence-electron chi connectivity index (χ1n) is 6.30. The van der Waals surface area contributed by atoms with E-state index in [1.165, 1.54) is 24.8 Å². The molecule has 1 aliphatic carbocycles. The highest BCUT2D eigenvalue weighted by Crippen LogP contribution is 2.31. The number of nitrogens with one attached hydrogen (secondary N) is 1. The molecule has 2 nitrogen and oxygen atoms in total. The van der Waals surface area contributed by atoms with Gasteiger partial charge in [0.15, 0.2) is 0 Å². The van der Waals surface area contributed by atoms with Gasteiger partial charge in [0.1, 0.15) is 5.75 Å². The number of hydrogen-bond acceptors (Lipinski definition) is 2. The maximum atomic E-state index is 5.96. The van der Waals surface area contributed by atoms with Crippen LogP contribution in [0.4, 0.5) is 0 Å². The van der Waals surface area contributed by atoms with Gasteiger partial charge in [-0.2, -0.15) is 0 Å². The SMILES string of the molecule is CNC(C)c1cc(Br)ccc1OCC1CCC1. The van der Waals surface area contributed by atoms with Crippen molar-refractivity contribution in [1.82, 2.24) is 5.32 Å². The topological polar surface area (TPSA) is 21.3 Å². The molecule has 17 heavy (non-hydrogen) atoms. The molecule has 0 heterocycles. The molecule has 94 valence electrons. The summed E-state index contributed by atoms with van der Waals surface area (Å²) >= 11 is 3.52. The first-order valence-corrected chi connectivity index (χ1v) is 7.09. The molecule has 1 aliphatic rings. The Labute approximate surface area is 112 Å². The molecule has 1 saturated carbocycles. The lowest BCUT2D eigenvalue weighted by molar-refractivity contribution is 0.179. The van der Waals surface area contributed by atoms with Crippen LogP contribution in [0, 0.1) is 5.92 Å². The molecule has 0 amide bonds. The van der Waals surface area contributed by atoms with Crippen LogP contribution in [-0.4, -0.2) is 13.7 Å². The van der Waals surface area contributed by atoms with E-state index in [1.807, 2.05) is 13.1 Å². The number of ether oxygens (including phenoxy) is 1. The molecule has 2 rings (SSSR count). The third-order valence-corrected chi connectivity index (χ3v) is 4.06. The second kappa shape index (κ2) is 5.87. The molecule has 1 atom stereocenters. The van der Waals surface area contributed by atoms with Gasteiger partial charge in [-0.1, -0.05) is 22.4 Å². The van der Waals surface area contributed by atoms with Crippen LogP contribution in [-0.2, 0) is 0 Å². The molecule has 1 aromatic carbocycles. The van der Waals surface area contributed by atoms with E-state index in [1.54, 1.807) is 0 Å². The van der Waals surface area contributed by atoms with Crippen molar-refractivity contribution in [3.63, 3.8) is 0 Å². The molecule has 0 bridgehead atoms. The van der Waals surface area contributed by atoms with Crippen LogP contribution in [0.25, 0.3) is 0 Å². The lowest BCUT2D eigenvalue weighted by Gasteiger charge is -2.26. The van der Waals surface area contributed by atoms with Gasteiger partial charge >= 0.3 is 0 Å². The predicted octanol–water partition coefficient (Wildman–Crippen LogP) is 3.91. The minimum absolute atomic E-state index is 0.309. The molecule has 0 radical (unpaired) electrons. The van der Waals surface area contributed by atoms with Crippen molar-refractivity contribution in [2.24, 2.45) is 5.92 Å². The van der Waals surface area contributed by atoms with Gasteiger partial charge in [-0.25, -0.2) is 0 Å². The first-order chi connectivity index (χ1) is 8.20. The summed E-state index contributed by atoms with van der Waals surface area (Å²) in [6.07, 6.45) is 4.02. The van der Waals surface area contributed by atoms with Crippen LogP contribution in [0.15, 0.2) is 22.7 Å². The van der Waals surface area contributed by atoms with Crippen molar-refractivity contribution in [3.8, 4) is 5.75 Å². The molecular formula is C14H20BrNO. The summed E-state index contributed by atoms with van der Waals surface area (Å²) in [4.78, 5) is 0. The molecule has 0 aliphatic heterocycles. The van der Waals surface area contributed by atoms with Crippen molar-refractivity contribution in [3.05, 3.63) is 28.2 Å². The Kier molecular flexibility index (Phi) is 4.46. The fourth-order valence-electron chi connectivity index (χ4n) is 2.01. The average Bonchev–Trinajstić information content (AvgIpc) is 2.27. The molecule has 1 fully saturated rings. The zero-order valence-corrected chi connectivity index (χ0v) is 12.1. The second-order valence-corrected chi connectivity index (χ2v) is 5.72. The first kappa shape index (κ1) is 12.9. The van der Waals surface area contributed by atoms with Crippen molar-refractivity contribution >= 4 is 15.9 Å². The van der Waals surface area contributed by atoms with E-state index in [9.17, 15) is 0 Å². The fourth-order valence-corrected chi connectivity index (χ4v) is 2.39. The van der Waals surface area contributed by atoms with Gasteiger partial charge in [-0.15, -0.1) is 0 Å². The van der Waals surface area contributed by atoms with E-state index in [0.29, 0.717) is 6.04 Å². The highest BCUT2D eigenvalue weighted by atomic mass is 79.9. The largest absolute Gasteiger partial charge is 0.493 e. The third kappa shape index (κ3) is 3.23. The Hall–Kier alpha value is -0.540. The summed E-state index contributed by atoms with van der Waals surface area (Å²) < 4.78 is 7.06. The Morgan fingerprint density at radius 1 is 1.47 bits per heavy atom.